The maximum Gasteiger partial charge on any atom is 0.254 e. The van der Waals surface area contributed by atoms with Crippen molar-refractivity contribution in [3.8, 4) is 5.69 Å². The Morgan fingerprint density at radius 1 is 1.33 bits per heavy atom. The van der Waals surface area contributed by atoms with Gasteiger partial charge >= 0.3 is 0 Å². The summed E-state index contributed by atoms with van der Waals surface area (Å²) in [4.78, 5) is 15.3. The Hall–Kier alpha value is -2.47. The number of hydrogen-bond acceptors (Lipinski definition) is 3. The highest BCUT2D eigenvalue weighted by atomic mass is 32.1. The third kappa shape index (κ3) is 3.54. The third-order valence-electron chi connectivity index (χ3n) is 3.74. The number of thiophene rings is 1. The topological polar surface area (TPSA) is 38.1 Å². The number of nitrogens with zero attached hydrogens (tertiary/aromatic N) is 3. The lowest BCUT2D eigenvalue weighted by Crippen LogP contribution is -2.25. The van der Waals surface area contributed by atoms with E-state index in [1.165, 1.54) is 17.0 Å². The number of rotatable bonds is 5. The molecule has 0 aliphatic heterocycles. The summed E-state index contributed by atoms with van der Waals surface area (Å²) in [6.45, 7) is 2.55. The molecule has 0 radical (unpaired) electrons. The molecule has 0 saturated carbocycles. The molecular weight excluding hydrogens is 325 g/mol. The van der Waals surface area contributed by atoms with Gasteiger partial charge in [0.1, 0.15) is 5.82 Å². The monoisotopic (exact) mass is 343 g/mol. The molecule has 0 saturated heterocycles. The van der Waals surface area contributed by atoms with Crippen molar-refractivity contribution in [2.24, 2.45) is 0 Å². The summed E-state index contributed by atoms with van der Waals surface area (Å²) in [5.41, 5.74) is 2.42. The van der Waals surface area contributed by atoms with Crippen molar-refractivity contribution in [3.05, 3.63) is 69.9 Å². The Kier molecular flexibility index (Phi) is 4.76. The normalized spacial score (nSPS) is 10.8. The zero-order chi connectivity index (χ0) is 17.1. The maximum atomic E-state index is 13.0. The number of hydrogen-bond donors (Lipinski definition) is 0. The lowest BCUT2D eigenvalue weighted by Gasteiger charge is -2.15. The molecule has 124 valence electrons. The fourth-order valence-electron chi connectivity index (χ4n) is 2.42. The Bertz CT molecular complexity index is 838. The van der Waals surface area contributed by atoms with Gasteiger partial charge in [0.2, 0.25) is 0 Å². The smallest absolute Gasteiger partial charge is 0.254 e. The summed E-state index contributed by atoms with van der Waals surface area (Å²) in [6, 6.07) is 8.07. The van der Waals surface area contributed by atoms with Gasteiger partial charge in [-0.2, -0.15) is 5.10 Å². The van der Waals surface area contributed by atoms with Crippen molar-refractivity contribution in [3.63, 3.8) is 0 Å². The van der Waals surface area contributed by atoms with E-state index in [0.29, 0.717) is 6.54 Å². The average Bonchev–Trinajstić information content (AvgIpc) is 3.24. The summed E-state index contributed by atoms with van der Waals surface area (Å²) in [7, 11) is 1.78. The molecule has 0 unspecified atom stereocenters. The fraction of sp³-hybridized carbons (Fsp3) is 0.222. The molecule has 24 heavy (non-hydrogen) atoms. The number of amides is 1. The van der Waals surface area contributed by atoms with Crippen LogP contribution >= 0.6 is 11.3 Å². The van der Waals surface area contributed by atoms with Gasteiger partial charge in [-0.1, -0.05) is 6.92 Å². The van der Waals surface area contributed by atoms with Crippen molar-refractivity contribution in [1.29, 1.82) is 0 Å². The van der Waals surface area contributed by atoms with Crippen LogP contribution in [0, 0.1) is 5.82 Å². The molecule has 3 rings (SSSR count). The van der Waals surface area contributed by atoms with Crippen LogP contribution in [0.25, 0.3) is 5.69 Å². The number of aromatic nitrogens is 2. The van der Waals surface area contributed by atoms with E-state index in [4.69, 9.17) is 0 Å². The van der Waals surface area contributed by atoms with Crippen molar-refractivity contribution in [1.82, 2.24) is 14.7 Å². The van der Waals surface area contributed by atoms with Crippen LogP contribution in [0.2, 0.25) is 0 Å². The lowest BCUT2D eigenvalue weighted by molar-refractivity contribution is 0.0785. The van der Waals surface area contributed by atoms with E-state index in [2.05, 4.69) is 12.0 Å². The van der Waals surface area contributed by atoms with Crippen molar-refractivity contribution in [2.45, 2.75) is 19.9 Å². The molecule has 2 heterocycles. The molecule has 0 fully saturated rings. The second-order valence-corrected chi connectivity index (χ2v) is 6.58. The van der Waals surface area contributed by atoms with Gasteiger partial charge in [-0.25, -0.2) is 9.07 Å². The van der Waals surface area contributed by atoms with Gasteiger partial charge in [0.15, 0.2) is 0 Å². The summed E-state index contributed by atoms with van der Waals surface area (Å²) in [5, 5.41) is 6.18. The zero-order valence-corrected chi connectivity index (χ0v) is 14.4. The van der Waals surface area contributed by atoms with Gasteiger partial charge in [0.05, 0.1) is 17.4 Å². The Labute approximate surface area is 144 Å². The Morgan fingerprint density at radius 3 is 2.75 bits per heavy atom. The maximum absolute atomic E-state index is 13.0. The molecule has 1 aromatic carbocycles. The number of carbonyl (C=O) groups excluding carboxylic acids is 1. The minimum atomic E-state index is -0.279. The van der Waals surface area contributed by atoms with Gasteiger partial charge < -0.3 is 4.90 Å². The summed E-state index contributed by atoms with van der Waals surface area (Å²) in [6.07, 6.45) is 4.51. The molecule has 0 aliphatic carbocycles. The van der Waals surface area contributed by atoms with Gasteiger partial charge in [0.25, 0.3) is 5.91 Å². The van der Waals surface area contributed by atoms with Crippen LogP contribution in [0.3, 0.4) is 0 Å². The van der Waals surface area contributed by atoms with Gasteiger partial charge in [-0.05, 0) is 36.8 Å². The van der Waals surface area contributed by atoms with Gasteiger partial charge in [-0.3, -0.25) is 4.79 Å². The van der Waals surface area contributed by atoms with E-state index in [1.54, 1.807) is 46.3 Å². The third-order valence-corrected chi connectivity index (χ3v) is 4.82. The van der Waals surface area contributed by atoms with E-state index < -0.39 is 0 Å². The lowest BCUT2D eigenvalue weighted by atomic mass is 10.2. The highest BCUT2D eigenvalue weighted by Crippen LogP contribution is 2.18. The SMILES string of the molecule is CCc1cc(C(=O)N(C)Cc2cnn(-c3ccc(F)cc3)c2)cs1. The van der Waals surface area contributed by atoms with Crippen LogP contribution in [0.4, 0.5) is 4.39 Å². The molecule has 0 atom stereocenters. The van der Waals surface area contributed by atoms with Crippen LogP contribution < -0.4 is 0 Å². The molecule has 0 spiro atoms. The highest BCUT2D eigenvalue weighted by molar-refractivity contribution is 7.10. The second-order valence-electron chi connectivity index (χ2n) is 5.59. The number of halogens is 1. The summed E-state index contributed by atoms with van der Waals surface area (Å²) >= 11 is 1.61. The van der Waals surface area contributed by atoms with Crippen molar-refractivity contribution >= 4 is 17.2 Å². The first-order valence-electron chi connectivity index (χ1n) is 7.69. The van der Waals surface area contributed by atoms with Crippen molar-refractivity contribution < 1.29 is 9.18 Å². The largest absolute Gasteiger partial charge is 0.337 e. The van der Waals surface area contributed by atoms with Crippen LogP contribution in [-0.4, -0.2) is 27.6 Å². The van der Waals surface area contributed by atoms with E-state index in [0.717, 1.165) is 23.2 Å². The Morgan fingerprint density at radius 2 is 2.08 bits per heavy atom. The molecule has 0 bridgehead atoms. The molecule has 0 N–H and O–H groups in total. The van der Waals surface area contributed by atoms with Gasteiger partial charge in [-0.15, -0.1) is 11.3 Å². The van der Waals surface area contributed by atoms with Gasteiger partial charge in [0, 0.05) is 35.6 Å². The predicted molar refractivity (Wildman–Crippen MR) is 93.0 cm³/mol. The van der Waals surface area contributed by atoms with E-state index in [1.807, 2.05) is 17.6 Å². The first kappa shape index (κ1) is 16.4. The number of aryl methyl sites for hydroxylation is 1. The van der Waals surface area contributed by atoms with Crippen LogP contribution in [-0.2, 0) is 13.0 Å². The second kappa shape index (κ2) is 6.97. The van der Waals surface area contributed by atoms with Crippen LogP contribution in [0.1, 0.15) is 27.7 Å². The minimum Gasteiger partial charge on any atom is -0.337 e. The van der Waals surface area contributed by atoms with Crippen LogP contribution in [0.5, 0.6) is 0 Å². The minimum absolute atomic E-state index is 0.000446. The number of carbonyl (C=O) groups is 1. The fourth-order valence-corrected chi connectivity index (χ4v) is 3.23. The Balaban J connectivity index is 1.69. The summed E-state index contributed by atoms with van der Waals surface area (Å²) in [5.74, 6) is -0.279. The van der Waals surface area contributed by atoms with E-state index in [9.17, 15) is 9.18 Å². The molecule has 6 heteroatoms. The first-order chi connectivity index (χ1) is 11.6. The van der Waals surface area contributed by atoms with Crippen molar-refractivity contribution in [2.75, 3.05) is 7.05 Å². The molecule has 1 amide bonds. The molecule has 2 aromatic heterocycles. The van der Waals surface area contributed by atoms with E-state index in [-0.39, 0.29) is 11.7 Å². The summed E-state index contributed by atoms with van der Waals surface area (Å²) < 4.78 is 14.7. The number of benzene rings is 1. The first-order valence-corrected chi connectivity index (χ1v) is 8.57. The zero-order valence-electron chi connectivity index (χ0n) is 13.6. The highest BCUT2D eigenvalue weighted by Gasteiger charge is 2.14. The molecule has 0 aliphatic rings. The quantitative estimate of drug-likeness (QED) is 0.704. The standard InChI is InChI=1S/C18H18FN3OS/c1-3-17-8-14(12-24-17)18(23)21(2)10-13-9-20-22(11-13)16-6-4-15(19)5-7-16/h4-9,11-12H,3,10H2,1-2H3. The average molecular weight is 343 g/mol. The molecule has 4 nitrogen and oxygen atoms in total. The van der Waals surface area contributed by atoms with Crippen LogP contribution in [0.15, 0.2) is 48.1 Å². The molecule has 3 aromatic rings. The molecular formula is C18H18FN3OS. The van der Waals surface area contributed by atoms with E-state index >= 15 is 0 Å². The predicted octanol–water partition coefficient (Wildman–Crippen LogP) is 3.91.